The van der Waals surface area contributed by atoms with Gasteiger partial charge in [0.25, 0.3) is 5.56 Å². The number of nitrogens with zero attached hydrogens (tertiary/aromatic N) is 3. The first-order valence-electron chi connectivity index (χ1n) is 6.52. The minimum atomic E-state index is -0.402. The summed E-state index contributed by atoms with van der Waals surface area (Å²) in [5.41, 5.74) is 0.758. The van der Waals surface area contributed by atoms with Gasteiger partial charge in [-0.15, -0.1) is 0 Å². The number of benzene rings is 1. The van der Waals surface area contributed by atoms with E-state index in [1.165, 1.54) is 18.0 Å². The summed E-state index contributed by atoms with van der Waals surface area (Å²) in [4.78, 5) is 30.3. The fourth-order valence-electron chi connectivity index (χ4n) is 1.95. The first-order valence-corrected chi connectivity index (χ1v) is 7.88. The molecule has 0 bridgehead atoms. The molecule has 0 fully saturated rings. The highest BCUT2D eigenvalue weighted by molar-refractivity contribution is 7.99. The van der Waals surface area contributed by atoms with Crippen LogP contribution in [0.2, 0.25) is 5.02 Å². The van der Waals surface area contributed by atoms with Gasteiger partial charge in [-0.05, 0) is 18.2 Å². The summed E-state index contributed by atoms with van der Waals surface area (Å²) >= 11 is 7.08. The predicted octanol–water partition coefficient (Wildman–Crippen LogP) is 2.03. The van der Waals surface area contributed by atoms with Gasteiger partial charge in [-0.1, -0.05) is 29.4 Å². The summed E-state index contributed by atoms with van der Waals surface area (Å²) in [6, 6.07) is 7.06. The minimum Gasteiger partial charge on any atom is -0.468 e. The third-order valence-corrected chi connectivity index (χ3v) is 4.11. The Labute approximate surface area is 139 Å². The molecule has 0 spiro atoms. The lowest BCUT2D eigenvalue weighted by Crippen LogP contribution is -2.11. The van der Waals surface area contributed by atoms with E-state index in [2.05, 4.69) is 19.8 Å². The Morgan fingerprint density at radius 1 is 1.48 bits per heavy atom. The van der Waals surface area contributed by atoms with Gasteiger partial charge in [0.05, 0.1) is 24.7 Å². The number of nitrogens with one attached hydrogen (secondary N) is 1. The van der Waals surface area contributed by atoms with Gasteiger partial charge in [-0.3, -0.25) is 9.59 Å². The summed E-state index contributed by atoms with van der Waals surface area (Å²) in [6.45, 7) is 0. The topological polar surface area (TPSA) is 89.9 Å². The largest absolute Gasteiger partial charge is 0.468 e. The lowest BCUT2D eigenvalue weighted by atomic mass is 10.3. The first kappa shape index (κ1) is 15.6. The number of hydrogen-bond donors (Lipinski definition) is 1. The number of aromatic amines is 1. The molecule has 9 heteroatoms. The van der Waals surface area contributed by atoms with Crippen LogP contribution in [0.3, 0.4) is 0 Å². The van der Waals surface area contributed by atoms with E-state index in [4.69, 9.17) is 11.6 Å². The van der Waals surface area contributed by atoms with E-state index >= 15 is 0 Å². The second-order valence-electron chi connectivity index (χ2n) is 4.51. The van der Waals surface area contributed by atoms with Crippen LogP contribution < -0.4 is 5.56 Å². The summed E-state index contributed by atoms with van der Waals surface area (Å²) < 4.78 is 6.10. The number of fused-ring (bicyclic) bond motifs is 1. The molecule has 118 valence electrons. The number of hydrogen-bond acceptors (Lipinski definition) is 6. The highest BCUT2D eigenvalue weighted by Gasteiger charge is 2.13. The Balaban J connectivity index is 2.05. The molecule has 3 rings (SSSR count). The molecule has 0 aliphatic rings. The van der Waals surface area contributed by atoms with E-state index in [0.717, 1.165) is 11.8 Å². The van der Waals surface area contributed by atoms with Crippen molar-refractivity contribution in [1.29, 1.82) is 0 Å². The van der Waals surface area contributed by atoms with Crippen molar-refractivity contribution in [2.45, 2.75) is 5.16 Å². The monoisotopic (exact) mass is 350 g/mol. The minimum absolute atomic E-state index is 0.0518. The zero-order chi connectivity index (χ0) is 16.4. The van der Waals surface area contributed by atoms with Crippen LogP contribution >= 0.6 is 23.4 Å². The standard InChI is InChI=1S/C14H11ClN4O3S/c1-22-11(20)7-23-14-17-12-10(13(21)18-14)6-16-19(12)9-4-2-3-8(15)5-9/h2-6H,7H2,1H3,(H,17,18,21). The van der Waals surface area contributed by atoms with Crippen LogP contribution in [-0.4, -0.2) is 38.6 Å². The van der Waals surface area contributed by atoms with E-state index in [1.54, 1.807) is 18.2 Å². The molecule has 1 N–H and O–H groups in total. The van der Waals surface area contributed by atoms with Crippen molar-refractivity contribution in [3.63, 3.8) is 0 Å². The maximum Gasteiger partial charge on any atom is 0.316 e. The molecule has 0 saturated heterocycles. The number of halogens is 1. The van der Waals surface area contributed by atoms with Gasteiger partial charge < -0.3 is 9.72 Å². The van der Waals surface area contributed by atoms with Gasteiger partial charge in [-0.2, -0.15) is 5.10 Å². The molecule has 0 unspecified atom stereocenters. The van der Waals surface area contributed by atoms with Crippen LogP contribution in [0.1, 0.15) is 0 Å². The average molecular weight is 351 g/mol. The Bertz CT molecular complexity index is 937. The normalized spacial score (nSPS) is 10.9. The number of thioether (sulfide) groups is 1. The quantitative estimate of drug-likeness (QED) is 0.440. The van der Waals surface area contributed by atoms with Crippen LogP contribution in [-0.2, 0) is 9.53 Å². The molecule has 0 saturated carbocycles. The van der Waals surface area contributed by atoms with Crippen molar-refractivity contribution in [3.8, 4) is 5.69 Å². The summed E-state index contributed by atoms with van der Waals surface area (Å²) in [5, 5.41) is 5.42. The number of methoxy groups -OCH3 is 1. The van der Waals surface area contributed by atoms with Crippen LogP contribution in [0, 0.1) is 0 Å². The smallest absolute Gasteiger partial charge is 0.316 e. The predicted molar refractivity (Wildman–Crippen MR) is 87.2 cm³/mol. The average Bonchev–Trinajstić information content (AvgIpc) is 2.97. The van der Waals surface area contributed by atoms with Crippen molar-refractivity contribution >= 4 is 40.4 Å². The molecule has 0 radical (unpaired) electrons. The van der Waals surface area contributed by atoms with E-state index in [0.29, 0.717) is 26.9 Å². The third-order valence-electron chi connectivity index (χ3n) is 3.02. The van der Waals surface area contributed by atoms with E-state index < -0.39 is 5.97 Å². The molecule has 23 heavy (non-hydrogen) atoms. The zero-order valence-corrected chi connectivity index (χ0v) is 13.5. The highest BCUT2D eigenvalue weighted by Crippen LogP contribution is 2.19. The number of esters is 1. The van der Waals surface area contributed by atoms with E-state index in [9.17, 15) is 9.59 Å². The Morgan fingerprint density at radius 3 is 3.04 bits per heavy atom. The number of H-pyrrole nitrogens is 1. The van der Waals surface area contributed by atoms with Gasteiger partial charge in [0.2, 0.25) is 0 Å². The zero-order valence-electron chi connectivity index (χ0n) is 11.9. The van der Waals surface area contributed by atoms with Crippen LogP contribution in [0.25, 0.3) is 16.7 Å². The molecular formula is C14H11ClN4O3S. The number of rotatable bonds is 4. The lowest BCUT2D eigenvalue weighted by molar-refractivity contribution is -0.137. The molecule has 7 nitrogen and oxygen atoms in total. The second kappa shape index (κ2) is 6.43. The molecule has 2 heterocycles. The SMILES string of the molecule is COC(=O)CSc1nc2c(cnn2-c2cccc(Cl)c2)c(=O)[nH]1. The highest BCUT2D eigenvalue weighted by atomic mass is 35.5. The first-order chi connectivity index (χ1) is 11.1. The number of carbonyl (C=O) groups is 1. The molecule has 3 aromatic rings. The number of ether oxygens (including phenoxy) is 1. The summed E-state index contributed by atoms with van der Waals surface area (Å²) in [5.74, 6) is -0.350. The van der Waals surface area contributed by atoms with Gasteiger partial charge >= 0.3 is 5.97 Å². The number of aromatic nitrogens is 4. The second-order valence-corrected chi connectivity index (χ2v) is 5.91. The molecule has 0 aliphatic heterocycles. The van der Waals surface area contributed by atoms with Crippen molar-refractivity contribution in [3.05, 3.63) is 45.8 Å². The van der Waals surface area contributed by atoms with Gasteiger partial charge in [0.15, 0.2) is 10.8 Å². The lowest BCUT2D eigenvalue weighted by Gasteiger charge is -2.04. The number of carbonyl (C=O) groups excluding carboxylic acids is 1. The maximum atomic E-state index is 12.1. The fourth-order valence-corrected chi connectivity index (χ4v) is 2.82. The van der Waals surface area contributed by atoms with Crippen molar-refractivity contribution in [2.24, 2.45) is 0 Å². The molecular weight excluding hydrogens is 340 g/mol. The summed E-state index contributed by atoms with van der Waals surface area (Å²) in [7, 11) is 1.30. The van der Waals surface area contributed by atoms with Crippen LogP contribution in [0.4, 0.5) is 0 Å². The summed E-state index contributed by atoms with van der Waals surface area (Å²) in [6.07, 6.45) is 1.44. The van der Waals surface area contributed by atoms with Crippen molar-refractivity contribution < 1.29 is 9.53 Å². The molecule has 0 aliphatic carbocycles. The Morgan fingerprint density at radius 2 is 2.30 bits per heavy atom. The van der Waals surface area contributed by atoms with E-state index in [-0.39, 0.29) is 11.3 Å². The van der Waals surface area contributed by atoms with Gasteiger partial charge in [-0.25, -0.2) is 9.67 Å². The molecule has 2 aromatic heterocycles. The van der Waals surface area contributed by atoms with Crippen LogP contribution in [0.5, 0.6) is 0 Å². The maximum absolute atomic E-state index is 12.1. The molecule has 1 aromatic carbocycles. The molecule has 0 amide bonds. The van der Waals surface area contributed by atoms with E-state index in [1.807, 2.05) is 6.07 Å². The van der Waals surface area contributed by atoms with Crippen molar-refractivity contribution in [1.82, 2.24) is 19.7 Å². The van der Waals surface area contributed by atoms with Gasteiger partial charge in [0, 0.05) is 5.02 Å². The molecule has 0 atom stereocenters. The Kier molecular flexibility index (Phi) is 4.35. The fraction of sp³-hybridized carbons (Fsp3) is 0.143. The third kappa shape index (κ3) is 3.22. The van der Waals surface area contributed by atoms with Crippen molar-refractivity contribution in [2.75, 3.05) is 12.9 Å². The van der Waals surface area contributed by atoms with Crippen LogP contribution in [0.15, 0.2) is 40.4 Å². The Hall–Kier alpha value is -2.32. The van der Waals surface area contributed by atoms with Gasteiger partial charge in [0.1, 0.15) is 5.39 Å².